The van der Waals surface area contributed by atoms with Crippen molar-refractivity contribution in [2.75, 3.05) is 13.2 Å². The van der Waals surface area contributed by atoms with E-state index in [2.05, 4.69) is 13.8 Å². The van der Waals surface area contributed by atoms with Crippen LogP contribution in [0.1, 0.15) is 91.9 Å². The Morgan fingerprint density at radius 1 is 0.762 bits per heavy atom. The second-order valence-corrected chi connectivity index (χ2v) is 12.4. The third-order valence-electron chi connectivity index (χ3n) is 5.97. The first-order chi connectivity index (χ1) is 18.4. The minimum absolute atomic E-state index is 0. The molecule has 0 aliphatic carbocycles. The summed E-state index contributed by atoms with van der Waals surface area (Å²) in [5.41, 5.74) is 0. The van der Waals surface area contributed by atoms with Crippen molar-refractivity contribution in [2.24, 2.45) is 11.8 Å². The second-order valence-electron chi connectivity index (χ2n) is 9.23. The summed E-state index contributed by atoms with van der Waals surface area (Å²) in [5, 5.41) is 15.2. The number of aliphatic carboxylic acids is 2. The summed E-state index contributed by atoms with van der Waals surface area (Å²) >= 11 is 0. The van der Waals surface area contributed by atoms with E-state index in [1.807, 2.05) is 13.8 Å². The number of hydrogen-bond acceptors (Lipinski definition) is 13. The Labute approximate surface area is 311 Å². The number of hydrogen-bond donors (Lipinski definition) is 1. The Balaban J connectivity index is -0.000000436. The predicted molar refractivity (Wildman–Crippen MR) is 142 cm³/mol. The summed E-state index contributed by atoms with van der Waals surface area (Å²) in [6.07, 6.45) is 5.25. The van der Waals surface area contributed by atoms with Gasteiger partial charge in [0.2, 0.25) is 0 Å². The third-order valence-corrected chi connectivity index (χ3v) is 8.10. The van der Waals surface area contributed by atoms with Crippen LogP contribution in [0.25, 0.3) is 0 Å². The van der Waals surface area contributed by atoms with Gasteiger partial charge in [-0.25, -0.2) is 8.42 Å². The first-order valence-electron chi connectivity index (χ1n) is 13.1. The number of unbranched alkanes of at least 4 members (excludes halogenated alkanes) is 2. The minimum atomic E-state index is -5.01. The molecule has 0 aromatic rings. The van der Waals surface area contributed by atoms with E-state index in [9.17, 15) is 50.8 Å². The van der Waals surface area contributed by atoms with Crippen molar-refractivity contribution >= 4 is 93.0 Å². The van der Waals surface area contributed by atoms with E-state index in [0.29, 0.717) is 0 Å². The van der Waals surface area contributed by atoms with Crippen molar-refractivity contribution in [1.29, 1.82) is 0 Å². The molecule has 0 spiro atoms. The molecule has 0 amide bonds. The van der Waals surface area contributed by atoms with Gasteiger partial charge in [0, 0.05) is 12.4 Å². The van der Waals surface area contributed by atoms with Crippen LogP contribution in [0.3, 0.4) is 0 Å². The van der Waals surface area contributed by atoms with Crippen molar-refractivity contribution in [3.8, 4) is 0 Å². The maximum atomic E-state index is 12.1. The summed E-state index contributed by atoms with van der Waals surface area (Å²) in [4.78, 5) is 43.9. The Hall–Kier alpha value is 0.271. The normalized spacial score (nSPS) is 13.9. The van der Waals surface area contributed by atoms with Gasteiger partial charge in [-0.2, -0.15) is 8.42 Å². The van der Waals surface area contributed by atoms with Crippen molar-refractivity contribution < 1.29 is 94.4 Å². The van der Waals surface area contributed by atoms with Crippen LogP contribution in [0.4, 0.5) is 0 Å². The van der Waals surface area contributed by atoms with Crippen molar-refractivity contribution in [3.63, 3.8) is 0 Å². The van der Waals surface area contributed by atoms with E-state index in [-0.39, 0.29) is 103 Å². The largest absolute Gasteiger partial charge is 2.00 e. The standard InChI is InChI=1S/C20H38O7S.C4H6O7S.Ba.Na/c1-5-9-11-16(7-3)14-26-19(21)13-18(28(23,24)25)20(22)27-15-17(8-4)12-10-6-2;5-3(6)1-2(4(7)8)12(9,10)11;;/h16-18H,5-15H2,1-4H3,(H,23,24,25);2H,1H2,(H,5,6)(H,7,8)(H,9,10,11);;/q;;+2;+1/p-3. The molecular weight excluding hydrogens is 737 g/mol. The molecule has 0 saturated carbocycles. The van der Waals surface area contributed by atoms with Crippen molar-refractivity contribution in [3.05, 3.63) is 0 Å². The number of rotatable bonds is 20. The van der Waals surface area contributed by atoms with Gasteiger partial charge in [0.25, 0.3) is 10.1 Å². The molecule has 0 aromatic carbocycles. The predicted octanol–water partition coefficient (Wildman–Crippen LogP) is -3.43. The maximum absolute atomic E-state index is 12.1. The second kappa shape index (κ2) is 26.5. The molecule has 4 unspecified atom stereocenters. The fourth-order valence-electron chi connectivity index (χ4n) is 3.28. The monoisotopic (exact) mass is 778 g/mol. The summed E-state index contributed by atoms with van der Waals surface area (Å²) in [5.74, 6) is -5.82. The topological polar surface area (TPSA) is 244 Å². The average molecular weight is 778 g/mol. The van der Waals surface area contributed by atoms with Gasteiger partial charge in [0.05, 0.1) is 25.6 Å². The SMILES string of the molecule is CCCCC(CC)COC(=O)CC(C(=O)OCC(CC)CCCC)S(=O)(=O)[O-].O=C([O-])CC(C(=O)[O-])S(=O)(=O)O.[Ba+2].[Na+]. The van der Waals surface area contributed by atoms with Gasteiger partial charge < -0.3 is 33.8 Å². The van der Waals surface area contributed by atoms with Crippen LogP contribution in [0, 0.1) is 11.8 Å². The zero-order chi connectivity index (χ0) is 31.5. The summed E-state index contributed by atoms with van der Waals surface area (Å²) in [7, 11) is -9.96. The molecule has 0 fully saturated rings. The zero-order valence-electron chi connectivity index (χ0n) is 25.1. The van der Waals surface area contributed by atoms with Crippen molar-refractivity contribution in [2.45, 2.75) is 102 Å². The Kier molecular flexibility index (Phi) is 31.0. The molecule has 1 N–H and O–H groups in total. The van der Waals surface area contributed by atoms with E-state index >= 15 is 0 Å². The van der Waals surface area contributed by atoms with Gasteiger partial charge in [-0.05, 0) is 24.7 Å². The Morgan fingerprint density at radius 2 is 1.19 bits per heavy atom. The maximum Gasteiger partial charge on any atom is 2.00 e. The molecule has 14 nitrogen and oxygen atoms in total. The van der Waals surface area contributed by atoms with Gasteiger partial charge in [0.1, 0.15) is 15.4 Å². The van der Waals surface area contributed by atoms with Gasteiger partial charge in [-0.3, -0.25) is 14.1 Å². The van der Waals surface area contributed by atoms with E-state index < -0.39 is 67.5 Å². The number of carboxylic acids is 2. The quantitative estimate of drug-likeness (QED) is 0.0719. The first-order valence-corrected chi connectivity index (χ1v) is 16.1. The smallest absolute Gasteiger partial charge is 0.747 e. The van der Waals surface area contributed by atoms with Crippen LogP contribution in [-0.2, 0) is 48.9 Å². The molecule has 0 saturated heterocycles. The van der Waals surface area contributed by atoms with E-state index in [0.717, 1.165) is 51.4 Å². The van der Waals surface area contributed by atoms with Gasteiger partial charge in [-0.1, -0.05) is 66.2 Å². The minimum Gasteiger partial charge on any atom is -0.747 e. The number of carboxylic acid groups (broad SMARTS) is 2. The van der Waals surface area contributed by atoms with Crippen LogP contribution in [0.15, 0.2) is 0 Å². The molecule has 18 heteroatoms. The number of ether oxygens (including phenoxy) is 2. The van der Waals surface area contributed by atoms with Crippen LogP contribution in [0.5, 0.6) is 0 Å². The van der Waals surface area contributed by atoms with Crippen LogP contribution in [0.2, 0.25) is 0 Å². The van der Waals surface area contributed by atoms with Crippen molar-refractivity contribution in [1.82, 2.24) is 0 Å². The molecule has 4 atom stereocenters. The number of carbonyl (C=O) groups excluding carboxylic acids is 4. The summed E-state index contributed by atoms with van der Waals surface area (Å²) < 4.78 is 73.0. The average Bonchev–Trinajstić information content (AvgIpc) is 2.84. The Bertz CT molecular complexity index is 1000. The molecule has 0 rings (SSSR count). The molecule has 0 bridgehead atoms. The summed E-state index contributed by atoms with van der Waals surface area (Å²) in [6, 6.07) is 0. The van der Waals surface area contributed by atoms with Crippen LogP contribution in [-0.4, -0.2) is 122 Å². The molecule has 0 aliphatic heterocycles. The molecule has 42 heavy (non-hydrogen) atoms. The summed E-state index contributed by atoms with van der Waals surface area (Å²) in [6.45, 7) is 8.26. The zero-order valence-corrected chi connectivity index (χ0v) is 33.1. The molecule has 0 radical (unpaired) electrons. The molecule has 0 aromatic heterocycles. The molecular formula is C24H41BaNaO14S2. The van der Waals surface area contributed by atoms with Gasteiger partial charge >= 0.3 is 90.4 Å². The number of carbonyl (C=O) groups is 4. The Morgan fingerprint density at radius 3 is 1.48 bits per heavy atom. The molecule has 0 heterocycles. The van der Waals surface area contributed by atoms with Crippen LogP contribution < -0.4 is 39.8 Å². The fraction of sp³-hybridized carbons (Fsp3) is 0.833. The van der Waals surface area contributed by atoms with E-state index in [1.54, 1.807) is 0 Å². The third kappa shape index (κ3) is 24.6. The van der Waals surface area contributed by atoms with E-state index in [4.69, 9.17) is 14.0 Å². The van der Waals surface area contributed by atoms with Gasteiger partial charge in [-0.15, -0.1) is 0 Å². The van der Waals surface area contributed by atoms with E-state index in [1.165, 1.54) is 0 Å². The first kappa shape index (κ1) is 49.2. The molecule has 236 valence electrons. The fourth-order valence-corrected chi connectivity index (χ4v) is 4.51. The van der Waals surface area contributed by atoms with Crippen LogP contribution >= 0.6 is 0 Å². The molecule has 0 aliphatic rings. The van der Waals surface area contributed by atoms with Gasteiger partial charge in [0.15, 0.2) is 5.25 Å². The number of esters is 2.